The molecule has 3 heterocycles. The van der Waals surface area contributed by atoms with Gasteiger partial charge in [0, 0.05) is 39.8 Å². The van der Waals surface area contributed by atoms with Crippen molar-refractivity contribution in [2.24, 2.45) is 5.73 Å². The Morgan fingerprint density at radius 1 is 1.44 bits per heavy atom. The van der Waals surface area contributed by atoms with Crippen LogP contribution in [0.5, 0.6) is 0 Å². The van der Waals surface area contributed by atoms with Gasteiger partial charge in [-0.15, -0.1) is 11.3 Å². The molecule has 2 aromatic rings. The highest BCUT2D eigenvalue weighted by atomic mass is 32.1. The van der Waals surface area contributed by atoms with Crippen molar-refractivity contribution in [1.82, 2.24) is 19.9 Å². The van der Waals surface area contributed by atoms with Crippen LogP contribution in [-0.4, -0.2) is 71.8 Å². The molecule has 3 rings (SSSR count). The molecule has 8 nitrogen and oxygen atoms in total. The van der Waals surface area contributed by atoms with Gasteiger partial charge in [0.25, 0.3) is 0 Å². The lowest BCUT2D eigenvalue weighted by molar-refractivity contribution is -0.135. The standard InChI is InChI=1S/C16H23N5O3S/c1-23-12(10-17)9-15(22)21-6-4-20(5-7-21)11-14-18-16(19-24-14)13-3-2-8-25-13/h2-3,8,12H,4-7,9-11,17H2,1H3. The third kappa shape index (κ3) is 4.63. The summed E-state index contributed by atoms with van der Waals surface area (Å²) in [4.78, 5) is 21.8. The summed E-state index contributed by atoms with van der Waals surface area (Å²) in [6, 6.07) is 3.93. The largest absolute Gasteiger partial charge is 0.380 e. The van der Waals surface area contributed by atoms with E-state index in [1.807, 2.05) is 22.4 Å². The van der Waals surface area contributed by atoms with E-state index in [1.54, 1.807) is 18.4 Å². The van der Waals surface area contributed by atoms with Gasteiger partial charge in [-0.25, -0.2) is 0 Å². The van der Waals surface area contributed by atoms with Crippen molar-refractivity contribution >= 4 is 17.2 Å². The quantitative estimate of drug-likeness (QED) is 0.775. The Morgan fingerprint density at radius 3 is 2.88 bits per heavy atom. The van der Waals surface area contributed by atoms with Gasteiger partial charge in [-0.2, -0.15) is 4.98 Å². The average Bonchev–Trinajstić information content (AvgIpc) is 3.31. The van der Waals surface area contributed by atoms with Crippen LogP contribution in [0.1, 0.15) is 12.3 Å². The molecular weight excluding hydrogens is 342 g/mol. The van der Waals surface area contributed by atoms with Gasteiger partial charge in [0.15, 0.2) is 0 Å². The summed E-state index contributed by atoms with van der Waals surface area (Å²) in [6.45, 7) is 3.89. The molecule has 0 aliphatic carbocycles. The number of thiophene rings is 1. The number of rotatable bonds is 7. The second-order valence-corrected chi connectivity index (χ2v) is 6.89. The van der Waals surface area contributed by atoms with Crippen molar-refractivity contribution in [2.75, 3.05) is 39.8 Å². The lowest BCUT2D eigenvalue weighted by atomic mass is 10.2. The maximum Gasteiger partial charge on any atom is 0.241 e. The van der Waals surface area contributed by atoms with E-state index in [9.17, 15) is 4.79 Å². The topological polar surface area (TPSA) is 97.7 Å². The molecule has 136 valence electrons. The average molecular weight is 365 g/mol. The van der Waals surface area contributed by atoms with Crippen LogP contribution in [0.2, 0.25) is 0 Å². The second-order valence-electron chi connectivity index (χ2n) is 5.94. The van der Waals surface area contributed by atoms with E-state index in [2.05, 4.69) is 15.0 Å². The van der Waals surface area contributed by atoms with Crippen LogP contribution in [0.4, 0.5) is 0 Å². The molecule has 2 N–H and O–H groups in total. The van der Waals surface area contributed by atoms with Crippen molar-refractivity contribution in [3.63, 3.8) is 0 Å². The zero-order chi connectivity index (χ0) is 17.6. The molecule has 1 saturated heterocycles. The normalized spacial score (nSPS) is 17.0. The fourth-order valence-corrected chi connectivity index (χ4v) is 3.41. The predicted octanol–water partition coefficient (Wildman–Crippen LogP) is 0.806. The first-order valence-electron chi connectivity index (χ1n) is 8.29. The Labute approximate surface area is 150 Å². The van der Waals surface area contributed by atoms with E-state index in [-0.39, 0.29) is 12.0 Å². The number of aromatic nitrogens is 2. The third-order valence-electron chi connectivity index (χ3n) is 4.29. The summed E-state index contributed by atoms with van der Waals surface area (Å²) in [5.74, 6) is 1.33. The molecule has 0 aromatic carbocycles. The summed E-state index contributed by atoms with van der Waals surface area (Å²) < 4.78 is 10.5. The number of nitrogens with two attached hydrogens (primary N) is 1. The number of amides is 1. The zero-order valence-corrected chi connectivity index (χ0v) is 15.1. The highest BCUT2D eigenvalue weighted by Crippen LogP contribution is 2.21. The van der Waals surface area contributed by atoms with Crippen LogP contribution in [-0.2, 0) is 16.1 Å². The Hall–Kier alpha value is -1.81. The number of nitrogens with zero attached hydrogens (tertiary/aromatic N) is 4. The van der Waals surface area contributed by atoms with Gasteiger partial charge in [0.1, 0.15) is 0 Å². The van der Waals surface area contributed by atoms with E-state index in [1.165, 1.54) is 0 Å². The fourth-order valence-electron chi connectivity index (χ4n) is 2.76. The van der Waals surface area contributed by atoms with Crippen LogP contribution in [0.3, 0.4) is 0 Å². The monoisotopic (exact) mass is 365 g/mol. The summed E-state index contributed by atoms with van der Waals surface area (Å²) >= 11 is 1.59. The van der Waals surface area contributed by atoms with Gasteiger partial charge in [0.2, 0.25) is 17.6 Å². The van der Waals surface area contributed by atoms with Gasteiger partial charge in [0.05, 0.1) is 23.9 Å². The van der Waals surface area contributed by atoms with Crippen molar-refractivity contribution in [1.29, 1.82) is 0 Å². The van der Waals surface area contributed by atoms with Crippen LogP contribution in [0.25, 0.3) is 10.7 Å². The van der Waals surface area contributed by atoms with Gasteiger partial charge in [-0.3, -0.25) is 9.69 Å². The summed E-state index contributed by atoms with van der Waals surface area (Å²) in [5, 5.41) is 6.01. The fraction of sp³-hybridized carbons (Fsp3) is 0.562. The molecule has 9 heteroatoms. The highest BCUT2D eigenvalue weighted by molar-refractivity contribution is 7.13. The molecular formula is C16H23N5O3S. The zero-order valence-electron chi connectivity index (χ0n) is 14.3. The summed E-state index contributed by atoms with van der Waals surface area (Å²) in [6.07, 6.45) is 0.125. The minimum absolute atomic E-state index is 0.0923. The molecule has 1 aliphatic rings. The molecule has 1 amide bonds. The van der Waals surface area contributed by atoms with E-state index >= 15 is 0 Å². The lowest BCUT2D eigenvalue weighted by Crippen LogP contribution is -2.49. The minimum atomic E-state index is -0.209. The number of methoxy groups -OCH3 is 1. The molecule has 2 aromatic heterocycles. The number of hydrogen-bond acceptors (Lipinski definition) is 8. The first-order chi connectivity index (χ1) is 12.2. The molecule has 1 atom stereocenters. The molecule has 0 saturated carbocycles. The first kappa shape index (κ1) is 18.0. The van der Waals surface area contributed by atoms with Crippen molar-refractivity contribution in [2.45, 2.75) is 19.1 Å². The lowest BCUT2D eigenvalue weighted by Gasteiger charge is -2.34. The SMILES string of the molecule is COC(CN)CC(=O)N1CCN(Cc2nc(-c3cccs3)no2)CC1. The highest BCUT2D eigenvalue weighted by Gasteiger charge is 2.24. The summed E-state index contributed by atoms with van der Waals surface area (Å²) in [7, 11) is 1.58. The molecule has 1 aliphatic heterocycles. The Morgan fingerprint density at radius 2 is 2.24 bits per heavy atom. The van der Waals surface area contributed by atoms with Gasteiger partial charge >= 0.3 is 0 Å². The first-order valence-corrected chi connectivity index (χ1v) is 9.17. The van der Waals surface area contributed by atoms with Crippen LogP contribution >= 0.6 is 11.3 Å². The maximum absolute atomic E-state index is 12.3. The Kier molecular flexibility index (Phi) is 6.14. The number of hydrogen-bond donors (Lipinski definition) is 1. The molecule has 25 heavy (non-hydrogen) atoms. The van der Waals surface area contributed by atoms with E-state index in [0.29, 0.717) is 44.3 Å². The molecule has 0 spiro atoms. The minimum Gasteiger partial charge on any atom is -0.380 e. The van der Waals surface area contributed by atoms with E-state index in [4.69, 9.17) is 15.0 Å². The van der Waals surface area contributed by atoms with Crippen molar-refractivity contribution in [3.8, 4) is 10.7 Å². The van der Waals surface area contributed by atoms with Crippen LogP contribution < -0.4 is 5.73 Å². The van der Waals surface area contributed by atoms with Crippen LogP contribution in [0, 0.1) is 0 Å². The molecule has 0 bridgehead atoms. The van der Waals surface area contributed by atoms with Gasteiger partial charge in [-0.05, 0) is 11.4 Å². The molecule has 0 radical (unpaired) electrons. The Bertz CT molecular complexity index is 663. The van der Waals surface area contributed by atoms with Gasteiger partial charge < -0.3 is 19.9 Å². The van der Waals surface area contributed by atoms with Crippen molar-refractivity contribution in [3.05, 3.63) is 23.4 Å². The van der Waals surface area contributed by atoms with Crippen molar-refractivity contribution < 1.29 is 14.1 Å². The Balaban J connectivity index is 1.47. The smallest absolute Gasteiger partial charge is 0.241 e. The summed E-state index contributed by atoms with van der Waals surface area (Å²) in [5.41, 5.74) is 5.58. The second kappa shape index (κ2) is 8.52. The number of carbonyl (C=O) groups is 1. The number of carbonyl (C=O) groups excluding carboxylic acids is 1. The molecule has 1 unspecified atom stereocenters. The predicted molar refractivity (Wildman–Crippen MR) is 93.9 cm³/mol. The number of piperazine rings is 1. The third-order valence-corrected chi connectivity index (χ3v) is 5.16. The molecule has 1 fully saturated rings. The van der Waals surface area contributed by atoms with E-state index < -0.39 is 0 Å². The van der Waals surface area contributed by atoms with Gasteiger partial charge in [-0.1, -0.05) is 11.2 Å². The maximum atomic E-state index is 12.3. The number of ether oxygens (including phenoxy) is 1. The van der Waals surface area contributed by atoms with Crippen LogP contribution in [0.15, 0.2) is 22.0 Å². The van der Waals surface area contributed by atoms with E-state index in [0.717, 1.165) is 18.0 Å².